The largest absolute Gasteiger partial charge is 0.368 e. The van der Waals surface area contributed by atoms with E-state index in [2.05, 4.69) is 34.4 Å². The van der Waals surface area contributed by atoms with Gasteiger partial charge in [-0.05, 0) is 45.5 Å². The van der Waals surface area contributed by atoms with Gasteiger partial charge in [-0.25, -0.2) is 0 Å². The fourth-order valence-electron chi connectivity index (χ4n) is 1.96. The van der Waals surface area contributed by atoms with Crippen LogP contribution in [0.4, 0.5) is 0 Å². The van der Waals surface area contributed by atoms with Crippen molar-refractivity contribution in [2.75, 3.05) is 26.7 Å². The number of rotatable bonds is 1. The summed E-state index contributed by atoms with van der Waals surface area (Å²) in [6.45, 7) is 3.36. The van der Waals surface area contributed by atoms with Crippen LogP contribution in [-0.2, 0) is 0 Å². The Bertz CT molecular complexity index is 237. The van der Waals surface area contributed by atoms with Gasteiger partial charge in [-0.15, -0.1) is 0 Å². The molecule has 0 amide bonds. The lowest BCUT2D eigenvalue weighted by Gasteiger charge is -2.30. The Labute approximate surface area is 85.9 Å². The van der Waals surface area contributed by atoms with Crippen LogP contribution in [0.25, 0.3) is 0 Å². The molecule has 3 nitrogen and oxygen atoms in total. The molecule has 2 aliphatic heterocycles. The molecule has 0 spiro atoms. The van der Waals surface area contributed by atoms with Crippen LogP contribution < -0.4 is 5.32 Å². The van der Waals surface area contributed by atoms with Crippen molar-refractivity contribution < 1.29 is 0 Å². The molecular formula is C11H19N3. The number of likely N-dealkylation sites (tertiary alicyclic amines) is 1. The molecule has 3 heteroatoms. The fraction of sp³-hybridized carbons (Fsp3) is 0.727. The van der Waals surface area contributed by atoms with Crippen molar-refractivity contribution in [3.05, 3.63) is 12.2 Å². The van der Waals surface area contributed by atoms with Crippen molar-refractivity contribution in [1.82, 2.24) is 10.2 Å². The van der Waals surface area contributed by atoms with E-state index in [0.717, 1.165) is 18.8 Å². The highest BCUT2D eigenvalue weighted by Crippen LogP contribution is 2.08. The standard InChI is InChI=1S/C11H19N3/c1-14-8-5-10(6-9-14)13-11-4-2-3-7-12-11/h2,4,10H,3,5-9H2,1H3,(H,12,13). The number of piperidine rings is 1. The van der Waals surface area contributed by atoms with Gasteiger partial charge >= 0.3 is 0 Å². The summed E-state index contributed by atoms with van der Waals surface area (Å²) in [6.07, 6.45) is 7.89. The van der Waals surface area contributed by atoms with Gasteiger partial charge in [0, 0.05) is 12.6 Å². The molecule has 0 radical (unpaired) electrons. The van der Waals surface area contributed by atoms with Crippen LogP contribution in [0.15, 0.2) is 17.1 Å². The SMILES string of the molecule is CN1CCC(NC2=NCCC=C2)CC1. The zero-order valence-corrected chi connectivity index (χ0v) is 8.87. The number of dihydropyridines is 1. The minimum absolute atomic E-state index is 0.632. The van der Waals surface area contributed by atoms with Gasteiger partial charge in [0.1, 0.15) is 5.84 Å². The molecule has 14 heavy (non-hydrogen) atoms. The highest BCUT2D eigenvalue weighted by molar-refractivity contribution is 5.93. The van der Waals surface area contributed by atoms with Crippen molar-refractivity contribution >= 4 is 5.84 Å². The van der Waals surface area contributed by atoms with E-state index in [1.54, 1.807) is 0 Å². The Morgan fingerprint density at radius 2 is 2.21 bits per heavy atom. The first-order valence-corrected chi connectivity index (χ1v) is 5.50. The predicted molar refractivity (Wildman–Crippen MR) is 59.7 cm³/mol. The van der Waals surface area contributed by atoms with Gasteiger partial charge in [0.05, 0.1) is 0 Å². The summed E-state index contributed by atoms with van der Waals surface area (Å²) in [5, 5.41) is 3.51. The first-order chi connectivity index (χ1) is 6.84. The van der Waals surface area contributed by atoms with Crippen molar-refractivity contribution in [2.45, 2.75) is 25.3 Å². The van der Waals surface area contributed by atoms with Crippen molar-refractivity contribution in [2.24, 2.45) is 4.99 Å². The van der Waals surface area contributed by atoms with E-state index in [1.807, 2.05) is 0 Å². The van der Waals surface area contributed by atoms with E-state index in [-0.39, 0.29) is 0 Å². The van der Waals surface area contributed by atoms with Gasteiger partial charge < -0.3 is 10.2 Å². The zero-order valence-electron chi connectivity index (χ0n) is 8.87. The average Bonchev–Trinajstić information content (AvgIpc) is 2.23. The number of nitrogens with one attached hydrogen (secondary N) is 1. The van der Waals surface area contributed by atoms with E-state index in [4.69, 9.17) is 0 Å². The van der Waals surface area contributed by atoms with E-state index in [0.29, 0.717) is 6.04 Å². The van der Waals surface area contributed by atoms with Gasteiger partial charge in [-0.3, -0.25) is 4.99 Å². The van der Waals surface area contributed by atoms with Crippen LogP contribution in [-0.4, -0.2) is 43.5 Å². The second-order valence-corrected chi connectivity index (χ2v) is 4.18. The van der Waals surface area contributed by atoms with Gasteiger partial charge in [-0.1, -0.05) is 6.08 Å². The maximum Gasteiger partial charge on any atom is 0.120 e. The molecule has 1 fully saturated rings. The quantitative estimate of drug-likeness (QED) is 0.673. The van der Waals surface area contributed by atoms with Crippen LogP contribution in [0, 0.1) is 0 Å². The molecule has 2 rings (SSSR count). The number of hydrogen-bond acceptors (Lipinski definition) is 3. The molecule has 2 aliphatic rings. The normalized spacial score (nSPS) is 24.8. The summed E-state index contributed by atoms with van der Waals surface area (Å²) < 4.78 is 0. The first kappa shape index (κ1) is 9.71. The van der Waals surface area contributed by atoms with E-state index < -0.39 is 0 Å². The third-order valence-corrected chi connectivity index (χ3v) is 2.92. The molecule has 1 saturated heterocycles. The zero-order chi connectivity index (χ0) is 9.80. The average molecular weight is 193 g/mol. The highest BCUT2D eigenvalue weighted by atomic mass is 15.1. The van der Waals surface area contributed by atoms with Crippen molar-refractivity contribution in [3.8, 4) is 0 Å². The van der Waals surface area contributed by atoms with Crippen LogP contribution in [0.5, 0.6) is 0 Å². The van der Waals surface area contributed by atoms with Crippen LogP contribution in [0.1, 0.15) is 19.3 Å². The molecule has 0 aliphatic carbocycles. The second kappa shape index (κ2) is 4.60. The van der Waals surface area contributed by atoms with Gasteiger partial charge in [0.15, 0.2) is 0 Å². The van der Waals surface area contributed by atoms with Gasteiger partial charge in [0.25, 0.3) is 0 Å². The van der Waals surface area contributed by atoms with Crippen LogP contribution in [0.2, 0.25) is 0 Å². The minimum Gasteiger partial charge on any atom is -0.368 e. The Morgan fingerprint density at radius 1 is 1.43 bits per heavy atom. The van der Waals surface area contributed by atoms with Gasteiger partial charge in [0.2, 0.25) is 0 Å². The molecule has 0 aromatic carbocycles. The Kier molecular flexibility index (Phi) is 3.19. The number of hydrogen-bond donors (Lipinski definition) is 1. The maximum atomic E-state index is 4.45. The lowest BCUT2D eigenvalue weighted by Crippen LogP contribution is -2.43. The Morgan fingerprint density at radius 3 is 2.86 bits per heavy atom. The molecule has 0 saturated carbocycles. The number of aliphatic imine (C=N–C) groups is 1. The number of nitrogens with zero attached hydrogens (tertiary/aromatic N) is 2. The topological polar surface area (TPSA) is 27.6 Å². The minimum atomic E-state index is 0.632. The molecule has 78 valence electrons. The monoisotopic (exact) mass is 193 g/mol. The van der Waals surface area contributed by atoms with E-state index >= 15 is 0 Å². The summed E-state index contributed by atoms with van der Waals surface area (Å²) >= 11 is 0. The van der Waals surface area contributed by atoms with Crippen molar-refractivity contribution in [3.63, 3.8) is 0 Å². The van der Waals surface area contributed by atoms with Crippen LogP contribution in [0.3, 0.4) is 0 Å². The third-order valence-electron chi connectivity index (χ3n) is 2.92. The highest BCUT2D eigenvalue weighted by Gasteiger charge is 2.16. The van der Waals surface area contributed by atoms with Crippen molar-refractivity contribution in [1.29, 1.82) is 0 Å². The molecule has 0 aromatic rings. The molecule has 0 aromatic heterocycles. The molecule has 0 unspecified atom stereocenters. The summed E-state index contributed by atoms with van der Waals surface area (Å²) in [6, 6.07) is 0.632. The summed E-state index contributed by atoms with van der Waals surface area (Å²) in [4.78, 5) is 6.83. The molecule has 1 N–H and O–H groups in total. The number of amidine groups is 1. The Balaban J connectivity index is 1.80. The lowest BCUT2D eigenvalue weighted by atomic mass is 10.1. The predicted octanol–water partition coefficient (Wildman–Crippen LogP) is 1.03. The van der Waals surface area contributed by atoms with Crippen LogP contribution >= 0.6 is 0 Å². The summed E-state index contributed by atoms with van der Waals surface area (Å²) in [5.74, 6) is 1.09. The smallest absolute Gasteiger partial charge is 0.120 e. The summed E-state index contributed by atoms with van der Waals surface area (Å²) in [7, 11) is 2.19. The first-order valence-electron chi connectivity index (χ1n) is 5.50. The van der Waals surface area contributed by atoms with E-state index in [1.165, 1.54) is 25.9 Å². The molecule has 0 atom stereocenters. The third kappa shape index (κ3) is 2.58. The maximum absolute atomic E-state index is 4.45. The van der Waals surface area contributed by atoms with E-state index in [9.17, 15) is 0 Å². The molecular weight excluding hydrogens is 174 g/mol. The summed E-state index contributed by atoms with van der Waals surface area (Å²) in [5.41, 5.74) is 0. The molecule has 2 heterocycles. The molecule has 0 bridgehead atoms. The second-order valence-electron chi connectivity index (χ2n) is 4.18. The Hall–Kier alpha value is -0.830. The van der Waals surface area contributed by atoms with Gasteiger partial charge in [-0.2, -0.15) is 0 Å². The fourth-order valence-corrected chi connectivity index (χ4v) is 1.96. The lowest BCUT2D eigenvalue weighted by molar-refractivity contribution is 0.247.